The van der Waals surface area contributed by atoms with Gasteiger partial charge in [-0.1, -0.05) is 22.9 Å². The summed E-state index contributed by atoms with van der Waals surface area (Å²) in [4.78, 5) is 2.57. The first-order chi connectivity index (χ1) is 9.74. The van der Waals surface area contributed by atoms with Crippen molar-refractivity contribution in [3.8, 4) is 5.75 Å². The quantitative estimate of drug-likeness (QED) is 0.822. The first kappa shape index (κ1) is 15.8. The molecule has 20 heavy (non-hydrogen) atoms. The molecule has 0 saturated carbocycles. The third kappa shape index (κ3) is 4.21. The number of likely N-dealkylation sites (N-methyl/N-ethyl adjacent to an activating group) is 1. The van der Waals surface area contributed by atoms with Crippen LogP contribution in [0.2, 0.25) is 0 Å². The monoisotopic (exact) mass is 340 g/mol. The minimum Gasteiger partial charge on any atom is -0.494 e. The van der Waals surface area contributed by atoms with Crippen molar-refractivity contribution in [2.24, 2.45) is 0 Å². The van der Waals surface area contributed by atoms with Gasteiger partial charge in [0.05, 0.1) is 6.61 Å². The van der Waals surface area contributed by atoms with Crippen molar-refractivity contribution in [2.75, 3.05) is 26.2 Å². The normalized spacial score (nSPS) is 19.4. The fourth-order valence-electron chi connectivity index (χ4n) is 2.90. The summed E-state index contributed by atoms with van der Waals surface area (Å²) in [7, 11) is 0. The summed E-state index contributed by atoms with van der Waals surface area (Å²) in [6, 6.07) is 6.91. The van der Waals surface area contributed by atoms with E-state index >= 15 is 0 Å². The third-order valence-electron chi connectivity index (χ3n) is 3.92. The summed E-state index contributed by atoms with van der Waals surface area (Å²) >= 11 is 3.53. The number of rotatable bonds is 7. The maximum Gasteiger partial charge on any atom is 0.123 e. The Morgan fingerprint density at radius 3 is 3.00 bits per heavy atom. The Morgan fingerprint density at radius 1 is 1.40 bits per heavy atom. The van der Waals surface area contributed by atoms with E-state index in [-0.39, 0.29) is 0 Å². The second-order valence-electron chi connectivity index (χ2n) is 5.24. The van der Waals surface area contributed by atoms with E-state index in [9.17, 15) is 0 Å². The highest BCUT2D eigenvalue weighted by atomic mass is 79.9. The highest BCUT2D eigenvalue weighted by Gasteiger charge is 2.22. The van der Waals surface area contributed by atoms with Crippen molar-refractivity contribution in [2.45, 2.75) is 39.3 Å². The average molecular weight is 341 g/mol. The lowest BCUT2D eigenvalue weighted by Crippen LogP contribution is -2.37. The lowest BCUT2D eigenvalue weighted by Gasteiger charge is -2.23. The smallest absolute Gasteiger partial charge is 0.123 e. The van der Waals surface area contributed by atoms with Gasteiger partial charge in [0.2, 0.25) is 0 Å². The first-order valence-corrected chi connectivity index (χ1v) is 8.39. The predicted octanol–water partition coefficient (Wildman–Crippen LogP) is 3.42. The number of nitrogens with one attached hydrogen (secondary N) is 1. The number of hydrogen-bond donors (Lipinski definition) is 1. The number of hydrogen-bond acceptors (Lipinski definition) is 3. The Hall–Kier alpha value is -0.580. The van der Waals surface area contributed by atoms with Crippen LogP contribution in [0.3, 0.4) is 0 Å². The molecular formula is C16H25BrN2O. The maximum atomic E-state index is 5.69. The van der Waals surface area contributed by atoms with Gasteiger partial charge in [0.15, 0.2) is 0 Å². The van der Waals surface area contributed by atoms with Gasteiger partial charge in [-0.05, 0) is 51.1 Å². The highest BCUT2D eigenvalue weighted by molar-refractivity contribution is 9.10. The standard InChI is InChI=1S/C16H25BrN2O/c1-3-19-9-5-6-15(19)12-18-11-13-10-14(17)7-8-16(13)20-4-2/h7-8,10,15,18H,3-6,9,11-12H2,1-2H3/t15-/m0/s1. The fraction of sp³-hybridized carbons (Fsp3) is 0.625. The Morgan fingerprint density at radius 2 is 2.25 bits per heavy atom. The van der Waals surface area contributed by atoms with Gasteiger partial charge < -0.3 is 10.1 Å². The van der Waals surface area contributed by atoms with Crippen molar-refractivity contribution in [1.82, 2.24) is 10.2 Å². The van der Waals surface area contributed by atoms with E-state index in [0.29, 0.717) is 12.6 Å². The minimum atomic E-state index is 0.697. The second-order valence-corrected chi connectivity index (χ2v) is 6.16. The molecule has 0 spiro atoms. The molecule has 0 unspecified atom stereocenters. The molecule has 0 aromatic heterocycles. The van der Waals surface area contributed by atoms with Gasteiger partial charge in [0.25, 0.3) is 0 Å². The van der Waals surface area contributed by atoms with Gasteiger partial charge in [-0.2, -0.15) is 0 Å². The SMILES string of the molecule is CCOc1ccc(Br)cc1CNC[C@@H]1CCCN1CC. The van der Waals surface area contributed by atoms with E-state index in [1.54, 1.807) is 0 Å². The molecule has 2 rings (SSSR count). The van der Waals surface area contributed by atoms with Crippen LogP contribution in [-0.4, -0.2) is 37.2 Å². The van der Waals surface area contributed by atoms with E-state index in [4.69, 9.17) is 4.74 Å². The van der Waals surface area contributed by atoms with E-state index in [2.05, 4.69) is 39.1 Å². The molecule has 0 aliphatic carbocycles. The molecule has 4 heteroatoms. The Kier molecular flexibility index (Phi) is 6.33. The van der Waals surface area contributed by atoms with Crippen LogP contribution in [0.5, 0.6) is 5.75 Å². The second kappa shape index (κ2) is 8.01. The number of nitrogens with zero attached hydrogens (tertiary/aromatic N) is 1. The van der Waals surface area contributed by atoms with Gasteiger partial charge in [-0.25, -0.2) is 0 Å². The van der Waals surface area contributed by atoms with E-state index in [0.717, 1.165) is 29.9 Å². The van der Waals surface area contributed by atoms with Gasteiger partial charge in [-0.3, -0.25) is 4.90 Å². The molecule has 1 N–H and O–H groups in total. The topological polar surface area (TPSA) is 24.5 Å². The van der Waals surface area contributed by atoms with E-state index in [1.165, 1.54) is 24.9 Å². The number of likely N-dealkylation sites (tertiary alicyclic amines) is 1. The molecule has 1 aromatic carbocycles. The van der Waals surface area contributed by atoms with Crippen LogP contribution in [-0.2, 0) is 6.54 Å². The molecule has 112 valence electrons. The van der Waals surface area contributed by atoms with Gasteiger partial charge in [-0.15, -0.1) is 0 Å². The van der Waals surface area contributed by atoms with E-state index < -0.39 is 0 Å². The van der Waals surface area contributed by atoms with Crippen LogP contribution < -0.4 is 10.1 Å². The highest BCUT2D eigenvalue weighted by Crippen LogP contribution is 2.23. The summed E-state index contributed by atoms with van der Waals surface area (Å²) in [6.07, 6.45) is 2.65. The van der Waals surface area contributed by atoms with Crippen LogP contribution in [0, 0.1) is 0 Å². The average Bonchev–Trinajstić information content (AvgIpc) is 2.89. The molecule has 1 saturated heterocycles. The lowest BCUT2D eigenvalue weighted by molar-refractivity contribution is 0.259. The van der Waals surface area contributed by atoms with Crippen molar-refractivity contribution in [1.29, 1.82) is 0 Å². The van der Waals surface area contributed by atoms with Crippen molar-refractivity contribution in [3.05, 3.63) is 28.2 Å². The summed E-state index contributed by atoms with van der Waals surface area (Å²) < 4.78 is 6.79. The van der Waals surface area contributed by atoms with E-state index in [1.807, 2.05) is 19.1 Å². The first-order valence-electron chi connectivity index (χ1n) is 7.60. The molecule has 1 fully saturated rings. The van der Waals surface area contributed by atoms with Crippen LogP contribution in [0.1, 0.15) is 32.3 Å². The largest absolute Gasteiger partial charge is 0.494 e. The molecule has 1 aliphatic rings. The number of ether oxygens (including phenoxy) is 1. The summed E-state index contributed by atoms with van der Waals surface area (Å²) in [6.45, 7) is 9.32. The Labute approximate surface area is 130 Å². The zero-order chi connectivity index (χ0) is 14.4. The van der Waals surface area contributed by atoms with Crippen molar-refractivity contribution >= 4 is 15.9 Å². The molecule has 0 radical (unpaired) electrons. The molecule has 3 nitrogen and oxygen atoms in total. The van der Waals surface area contributed by atoms with Crippen LogP contribution in [0.25, 0.3) is 0 Å². The molecule has 0 amide bonds. The fourth-order valence-corrected chi connectivity index (χ4v) is 3.31. The van der Waals surface area contributed by atoms with Gasteiger partial charge in [0, 0.05) is 29.2 Å². The Bertz CT molecular complexity index is 425. The zero-order valence-corrected chi connectivity index (χ0v) is 14.1. The third-order valence-corrected chi connectivity index (χ3v) is 4.42. The molecule has 1 atom stereocenters. The van der Waals surface area contributed by atoms with Gasteiger partial charge >= 0.3 is 0 Å². The van der Waals surface area contributed by atoms with Crippen molar-refractivity contribution in [3.63, 3.8) is 0 Å². The number of halogens is 1. The van der Waals surface area contributed by atoms with Crippen LogP contribution in [0.15, 0.2) is 22.7 Å². The van der Waals surface area contributed by atoms with Crippen LogP contribution in [0.4, 0.5) is 0 Å². The van der Waals surface area contributed by atoms with Gasteiger partial charge in [0.1, 0.15) is 5.75 Å². The molecule has 1 aromatic rings. The molecule has 1 aliphatic heterocycles. The number of benzene rings is 1. The molecule has 0 bridgehead atoms. The zero-order valence-electron chi connectivity index (χ0n) is 12.5. The predicted molar refractivity (Wildman–Crippen MR) is 87.3 cm³/mol. The summed E-state index contributed by atoms with van der Waals surface area (Å²) in [5.74, 6) is 0.988. The molecule has 1 heterocycles. The maximum absolute atomic E-state index is 5.69. The summed E-state index contributed by atoms with van der Waals surface area (Å²) in [5, 5.41) is 3.59. The van der Waals surface area contributed by atoms with Crippen LogP contribution >= 0.6 is 15.9 Å². The summed E-state index contributed by atoms with van der Waals surface area (Å²) in [5.41, 5.74) is 1.22. The van der Waals surface area contributed by atoms with Crippen molar-refractivity contribution < 1.29 is 4.74 Å². The lowest BCUT2D eigenvalue weighted by atomic mass is 10.2. The molecular weight excluding hydrogens is 316 g/mol. The Balaban J connectivity index is 1.88. The minimum absolute atomic E-state index is 0.697.